The number of halogens is 1. The standard InChI is InChI=1S/C22H30ClN3O/c23-19-11-10-14-21(15-19)25-17-18(16-24)22(27)26-20-12-8-6-4-2-1-3-5-7-9-13-20/h10-11,14-15,17,20,25H,1-9,12-13H2,(H,26,27)/b18-17-. The number of hydrogen-bond acceptors (Lipinski definition) is 3. The third kappa shape index (κ3) is 8.49. The number of amides is 1. The Bertz CT molecular complexity index is 654. The van der Waals surface area contributed by atoms with Crippen LogP contribution in [0.5, 0.6) is 0 Å². The van der Waals surface area contributed by atoms with Crippen molar-refractivity contribution in [2.45, 2.75) is 76.7 Å². The molecule has 2 rings (SSSR count). The van der Waals surface area contributed by atoms with Crippen molar-refractivity contribution < 1.29 is 4.79 Å². The van der Waals surface area contributed by atoms with E-state index in [-0.39, 0.29) is 17.5 Å². The monoisotopic (exact) mass is 387 g/mol. The van der Waals surface area contributed by atoms with Gasteiger partial charge in [-0.1, -0.05) is 75.5 Å². The van der Waals surface area contributed by atoms with E-state index in [0.717, 1.165) is 31.4 Å². The lowest BCUT2D eigenvalue weighted by molar-refractivity contribution is -0.117. The van der Waals surface area contributed by atoms with Crippen molar-refractivity contribution in [3.63, 3.8) is 0 Å². The van der Waals surface area contributed by atoms with Gasteiger partial charge in [-0.2, -0.15) is 5.26 Å². The first-order valence-electron chi connectivity index (χ1n) is 10.1. The summed E-state index contributed by atoms with van der Waals surface area (Å²) in [5, 5.41) is 16.0. The minimum absolute atomic E-state index is 0.0843. The molecule has 0 bridgehead atoms. The van der Waals surface area contributed by atoms with Gasteiger partial charge in [-0.25, -0.2) is 0 Å². The molecule has 0 unspecified atom stereocenters. The van der Waals surface area contributed by atoms with Gasteiger partial charge in [0.05, 0.1) is 0 Å². The van der Waals surface area contributed by atoms with Crippen LogP contribution in [0, 0.1) is 11.3 Å². The topological polar surface area (TPSA) is 64.9 Å². The molecule has 2 N–H and O–H groups in total. The molecular formula is C22H30ClN3O. The van der Waals surface area contributed by atoms with Crippen LogP contribution in [0.2, 0.25) is 5.02 Å². The maximum absolute atomic E-state index is 12.5. The summed E-state index contributed by atoms with van der Waals surface area (Å²) in [4.78, 5) is 12.5. The number of rotatable bonds is 4. The molecule has 1 aromatic carbocycles. The number of carbonyl (C=O) groups excluding carboxylic acids is 1. The smallest absolute Gasteiger partial charge is 0.263 e. The van der Waals surface area contributed by atoms with Gasteiger partial charge in [0.15, 0.2) is 0 Å². The molecule has 0 saturated heterocycles. The lowest BCUT2D eigenvalue weighted by Gasteiger charge is -2.19. The van der Waals surface area contributed by atoms with Crippen LogP contribution in [0.4, 0.5) is 5.69 Å². The molecule has 5 heteroatoms. The van der Waals surface area contributed by atoms with E-state index in [2.05, 4.69) is 10.6 Å². The molecule has 1 amide bonds. The lowest BCUT2D eigenvalue weighted by Crippen LogP contribution is -2.35. The quantitative estimate of drug-likeness (QED) is 0.495. The average molecular weight is 388 g/mol. The molecular weight excluding hydrogens is 358 g/mol. The fraction of sp³-hybridized carbons (Fsp3) is 0.545. The van der Waals surface area contributed by atoms with E-state index in [1.165, 1.54) is 51.1 Å². The number of carbonyl (C=O) groups is 1. The largest absolute Gasteiger partial charge is 0.360 e. The summed E-state index contributed by atoms with van der Waals surface area (Å²) >= 11 is 5.96. The Morgan fingerprint density at radius 3 is 2.19 bits per heavy atom. The van der Waals surface area contributed by atoms with Crippen molar-refractivity contribution in [2.24, 2.45) is 0 Å². The fourth-order valence-electron chi connectivity index (χ4n) is 3.45. The molecule has 1 saturated carbocycles. The number of nitriles is 1. The van der Waals surface area contributed by atoms with Crippen LogP contribution in [-0.4, -0.2) is 11.9 Å². The van der Waals surface area contributed by atoms with Crippen LogP contribution >= 0.6 is 11.6 Å². The number of nitrogens with one attached hydrogen (secondary N) is 2. The van der Waals surface area contributed by atoms with Crippen LogP contribution in [0.1, 0.15) is 70.6 Å². The van der Waals surface area contributed by atoms with Crippen molar-refractivity contribution in [1.29, 1.82) is 5.26 Å². The van der Waals surface area contributed by atoms with E-state index in [1.54, 1.807) is 12.1 Å². The summed E-state index contributed by atoms with van der Waals surface area (Å²) in [5.41, 5.74) is 0.829. The second-order valence-corrected chi connectivity index (χ2v) is 7.69. The summed E-state index contributed by atoms with van der Waals surface area (Å²) in [6, 6.07) is 9.33. The Balaban J connectivity index is 1.91. The van der Waals surface area contributed by atoms with E-state index >= 15 is 0 Å². The van der Waals surface area contributed by atoms with Gasteiger partial charge in [0, 0.05) is 23.0 Å². The van der Waals surface area contributed by atoms with Gasteiger partial charge in [-0.15, -0.1) is 0 Å². The molecule has 1 aliphatic rings. The second kappa shape index (κ2) is 12.4. The lowest BCUT2D eigenvalue weighted by atomic mass is 9.98. The SMILES string of the molecule is N#C/C(=C/Nc1cccc(Cl)c1)C(=O)NC1CCCCCCCCCCC1. The molecule has 4 nitrogen and oxygen atoms in total. The molecule has 27 heavy (non-hydrogen) atoms. The van der Waals surface area contributed by atoms with Gasteiger partial charge < -0.3 is 10.6 Å². The van der Waals surface area contributed by atoms with Gasteiger partial charge in [0.25, 0.3) is 5.91 Å². The van der Waals surface area contributed by atoms with Crippen molar-refractivity contribution in [3.05, 3.63) is 41.1 Å². The summed E-state index contributed by atoms with van der Waals surface area (Å²) in [7, 11) is 0. The molecule has 0 spiro atoms. The third-order valence-corrected chi connectivity index (χ3v) is 5.25. The Hall–Kier alpha value is -1.99. The van der Waals surface area contributed by atoms with Crippen LogP contribution in [-0.2, 0) is 4.79 Å². The first kappa shape index (κ1) is 21.3. The van der Waals surface area contributed by atoms with Crippen LogP contribution in [0.15, 0.2) is 36.0 Å². The second-order valence-electron chi connectivity index (χ2n) is 7.25. The molecule has 0 heterocycles. The molecule has 146 valence electrons. The van der Waals surface area contributed by atoms with Crippen LogP contribution in [0.25, 0.3) is 0 Å². The highest BCUT2D eigenvalue weighted by Gasteiger charge is 2.16. The van der Waals surface area contributed by atoms with Crippen molar-refractivity contribution in [1.82, 2.24) is 5.32 Å². The zero-order chi connectivity index (χ0) is 19.3. The van der Waals surface area contributed by atoms with Crippen molar-refractivity contribution in [2.75, 3.05) is 5.32 Å². The first-order valence-corrected chi connectivity index (χ1v) is 10.5. The molecule has 1 aromatic rings. The zero-order valence-electron chi connectivity index (χ0n) is 16.0. The third-order valence-electron chi connectivity index (χ3n) is 5.01. The van der Waals surface area contributed by atoms with Crippen molar-refractivity contribution >= 4 is 23.2 Å². The molecule has 0 aliphatic heterocycles. The summed E-state index contributed by atoms with van der Waals surface area (Å²) in [6.07, 6.45) is 14.7. The van der Waals surface area contributed by atoms with Crippen LogP contribution in [0.3, 0.4) is 0 Å². The van der Waals surface area contributed by atoms with E-state index in [1.807, 2.05) is 18.2 Å². The predicted molar refractivity (Wildman–Crippen MR) is 111 cm³/mol. The minimum Gasteiger partial charge on any atom is -0.360 e. The number of nitrogens with zero attached hydrogens (tertiary/aromatic N) is 1. The highest BCUT2D eigenvalue weighted by atomic mass is 35.5. The highest BCUT2D eigenvalue weighted by Crippen LogP contribution is 2.18. The van der Waals surface area contributed by atoms with Gasteiger partial charge in [0.1, 0.15) is 11.6 Å². The number of hydrogen-bond donors (Lipinski definition) is 2. The van der Waals surface area contributed by atoms with E-state index < -0.39 is 0 Å². The minimum atomic E-state index is -0.302. The Morgan fingerprint density at radius 2 is 1.63 bits per heavy atom. The van der Waals surface area contributed by atoms with Gasteiger partial charge in [0.2, 0.25) is 0 Å². The molecule has 0 aromatic heterocycles. The van der Waals surface area contributed by atoms with Gasteiger partial charge >= 0.3 is 0 Å². The van der Waals surface area contributed by atoms with Gasteiger partial charge in [-0.05, 0) is 31.0 Å². The maximum atomic E-state index is 12.5. The van der Waals surface area contributed by atoms with Gasteiger partial charge in [-0.3, -0.25) is 4.79 Å². The molecule has 0 atom stereocenters. The van der Waals surface area contributed by atoms with E-state index in [4.69, 9.17) is 11.6 Å². The number of anilines is 1. The summed E-state index contributed by atoms with van der Waals surface area (Å²) < 4.78 is 0. The molecule has 1 fully saturated rings. The summed E-state index contributed by atoms with van der Waals surface area (Å²) in [6.45, 7) is 0. The zero-order valence-corrected chi connectivity index (χ0v) is 16.7. The maximum Gasteiger partial charge on any atom is 0.263 e. The van der Waals surface area contributed by atoms with Crippen molar-refractivity contribution in [3.8, 4) is 6.07 Å². The van der Waals surface area contributed by atoms with E-state index in [0.29, 0.717) is 5.02 Å². The molecule has 0 radical (unpaired) electrons. The Morgan fingerprint density at radius 1 is 1.04 bits per heavy atom. The Kier molecular flexibility index (Phi) is 9.79. The van der Waals surface area contributed by atoms with E-state index in [9.17, 15) is 10.1 Å². The average Bonchev–Trinajstić information content (AvgIpc) is 2.64. The first-order chi connectivity index (χ1) is 13.2. The Labute approximate surface area is 168 Å². The molecule has 1 aliphatic carbocycles. The fourth-order valence-corrected chi connectivity index (χ4v) is 3.64. The normalized spacial score (nSPS) is 17.9. The number of benzene rings is 1. The summed E-state index contributed by atoms with van der Waals surface area (Å²) in [5.74, 6) is -0.302. The van der Waals surface area contributed by atoms with Crippen LogP contribution < -0.4 is 10.6 Å². The predicted octanol–water partition coefficient (Wildman–Crippen LogP) is 5.95. The highest BCUT2D eigenvalue weighted by molar-refractivity contribution is 6.30.